The molecule has 8 heteroatoms. The first-order valence-electron chi connectivity index (χ1n) is 7.67. The molecule has 3 rings (SSSR count). The highest BCUT2D eigenvalue weighted by Gasteiger charge is 2.68. The third kappa shape index (κ3) is 2.39. The van der Waals surface area contributed by atoms with Gasteiger partial charge in [-0.2, -0.15) is 11.8 Å². The number of ether oxygens (including phenoxy) is 1. The van der Waals surface area contributed by atoms with Gasteiger partial charge in [0.2, 0.25) is 11.8 Å². The maximum atomic E-state index is 12.8. The molecule has 2 aliphatic rings. The number of likely N-dealkylation sites (tertiary alicyclic amines) is 1. The van der Waals surface area contributed by atoms with E-state index in [9.17, 15) is 14.4 Å². The van der Waals surface area contributed by atoms with Crippen molar-refractivity contribution < 1.29 is 19.1 Å². The minimum Gasteiger partial charge on any atom is -0.468 e. The standard InChI is InChI=1S/C16H20N2O4S2/c1-18-13(19)10-11(14(18)20)16(6-8-23-3,15(21)22-2)17-12(10)9-5-4-7-24-9/h4-5,7,10-12,17H,6,8H2,1-3H3/t10-,11-,12-,16+/m0/s1. The number of thioether (sulfide) groups is 1. The largest absolute Gasteiger partial charge is 0.468 e. The van der Waals surface area contributed by atoms with E-state index in [1.165, 1.54) is 25.5 Å². The van der Waals surface area contributed by atoms with Gasteiger partial charge in [0.05, 0.1) is 25.0 Å². The van der Waals surface area contributed by atoms with Gasteiger partial charge in [-0.05, 0) is 29.9 Å². The number of hydrogen-bond acceptors (Lipinski definition) is 7. The van der Waals surface area contributed by atoms with E-state index >= 15 is 0 Å². The summed E-state index contributed by atoms with van der Waals surface area (Å²) in [5, 5.41) is 5.26. The average molecular weight is 368 g/mol. The monoisotopic (exact) mass is 368 g/mol. The Bertz CT molecular complexity index is 663. The van der Waals surface area contributed by atoms with E-state index in [0.717, 1.165) is 9.78 Å². The fourth-order valence-corrected chi connectivity index (χ4v) is 5.17. The van der Waals surface area contributed by atoms with Crippen LogP contribution in [0.4, 0.5) is 0 Å². The number of rotatable bonds is 5. The third-order valence-electron chi connectivity index (χ3n) is 4.97. The Morgan fingerprint density at radius 3 is 2.79 bits per heavy atom. The Morgan fingerprint density at radius 1 is 1.46 bits per heavy atom. The molecule has 0 radical (unpaired) electrons. The van der Waals surface area contributed by atoms with Crippen molar-refractivity contribution in [3.63, 3.8) is 0 Å². The number of fused-ring (bicyclic) bond motifs is 1. The molecule has 2 amide bonds. The zero-order chi connectivity index (χ0) is 17.5. The zero-order valence-electron chi connectivity index (χ0n) is 13.8. The lowest BCUT2D eigenvalue weighted by molar-refractivity contribution is -0.154. The minimum atomic E-state index is -1.16. The van der Waals surface area contributed by atoms with Gasteiger partial charge in [-0.1, -0.05) is 6.07 Å². The van der Waals surface area contributed by atoms with Crippen LogP contribution in [0.15, 0.2) is 17.5 Å². The number of carbonyl (C=O) groups excluding carboxylic acids is 3. The van der Waals surface area contributed by atoms with Crippen LogP contribution in [-0.2, 0) is 19.1 Å². The van der Waals surface area contributed by atoms with Crippen molar-refractivity contribution in [1.29, 1.82) is 0 Å². The second-order valence-corrected chi connectivity index (χ2v) is 8.05. The van der Waals surface area contributed by atoms with Gasteiger partial charge in [0, 0.05) is 11.9 Å². The molecule has 4 atom stereocenters. The number of nitrogens with one attached hydrogen (secondary N) is 1. The highest BCUT2D eigenvalue weighted by molar-refractivity contribution is 7.98. The third-order valence-corrected chi connectivity index (χ3v) is 6.54. The lowest BCUT2D eigenvalue weighted by Crippen LogP contribution is -2.56. The number of carbonyl (C=O) groups is 3. The Morgan fingerprint density at radius 2 is 2.21 bits per heavy atom. The smallest absolute Gasteiger partial charge is 0.326 e. The van der Waals surface area contributed by atoms with Crippen LogP contribution in [0.3, 0.4) is 0 Å². The molecule has 1 N–H and O–H groups in total. The summed E-state index contributed by atoms with van der Waals surface area (Å²) in [6, 6.07) is 3.48. The van der Waals surface area contributed by atoms with Crippen LogP contribution in [0.5, 0.6) is 0 Å². The SMILES string of the molecule is COC(=O)[C@]1(CCSC)N[C@@H](c2cccs2)[C@H]2C(=O)N(C)C(=O)[C@H]21. The van der Waals surface area contributed by atoms with E-state index in [0.29, 0.717) is 12.2 Å². The second kappa shape index (κ2) is 6.50. The van der Waals surface area contributed by atoms with E-state index in [1.807, 2.05) is 23.8 Å². The van der Waals surface area contributed by atoms with Crippen molar-refractivity contribution in [1.82, 2.24) is 10.2 Å². The first-order chi connectivity index (χ1) is 11.5. The number of esters is 1. The fraction of sp³-hybridized carbons (Fsp3) is 0.562. The van der Waals surface area contributed by atoms with E-state index in [2.05, 4.69) is 5.32 Å². The first-order valence-corrected chi connectivity index (χ1v) is 9.95. The molecule has 1 aromatic rings. The Balaban J connectivity index is 2.10. The minimum absolute atomic E-state index is 0.231. The highest BCUT2D eigenvalue weighted by Crippen LogP contribution is 2.50. The summed E-state index contributed by atoms with van der Waals surface area (Å²) in [4.78, 5) is 40.3. The fourth-order valence-electron chi connectivity index (χ4n) is 3.82. The number of imide groups is 1. The number of thiophene rings is 1. The predicted octanol–water partition coefficient (Wildman–Crippen LogP) is 1.29. The molecule has 24 heavy (non-hydrogen) atoms. The van der Waals surface area contributed by atoms with Gasteiger partial charge >= 0.3 is 5.97 Å². The molecule has 6 nitrogen and oxygen atoms in total. The van der Waals surface area contributed by atoms with Crippen LogP contribution in [0.2, 0.25) is 0 Å². The molecule has 2 aliphatic heterocycles. The summed E-state index contributed by atoms with van der Waals surface area (Å²) >= 11 is 3.11. The molecular weight excluding hydrogens is 348 g/mol. The Hall–Kier alpha value is -1.38. The molecule has 0 aromatic carbocycles. The summed E-state index contributed by atoms with van der Waals surface area (Å²) in [5.74, 6) is -1.60. The van der Waals surface area contributed by atoms with Gasteiger partial charge in [0.1, 0.15) is 5.54 Å². The molecule has 130 valence electrons. The topological polar surface area (TPSA) is 75.7 Å². The summed E-state index contributed by atoms with van der Waals surface area (Å²) in [6.45, 7) is 0. The van der Waals surface area contributed by atoms with Crippen LogP contribution >= 0.6 is 23.1 Å². The van der Waals surface area contributed by atoms with Crippen molar-refractivity contribution in [3.05, 3.63) is 22.4 Å². The van der Waals surface area contributed by atoms with E-state index < -0.39 is 23.3 Å². The van der Waals surface area contributed by atoms with Crippen molar-refractivity contribution in [2.24, 2.45) is 11.8 Å². The normalized spacial score (nSPS) is 32.3. The van der Waals surface area contributed by atoms with Gasteiger partial charge in [-0.15, -0.1) is 11.3 Å². The van der Waals surface area contributed by atoms with Crippen LogP contribution < -0.4 is 5.32 Å². The Labute approximate surface area is 148 Å². The molecule has 0 spiro atoms. The summed E-state index contributed by atoms with van der Waals surface area (Å²) < 4.78 is 5.04. The van der Waals surface area contributed by atoms with Crippen molar-refractivity contribution >= 4 is 40.9 Å². The molecule has 0 aliphatic carbocycles. The molecule has 2 fully saturated rings. The van der Waals surface area contributed by atoms with Gasteiger partial charge in [-0.25, -0.2) is 0 Å². The molecule has 1 aromatic heterocycles. The van der Waals surface area contributed by atoms with Gasteiger partial charge < -0.3 is 4.74 Å². The lowest BCUT2D eigenvalue weighted by atomic mass is 9.78. The van der Waals surface area contributed by atoms with Gasteiger partial charge in [-0.3, -0.25) is 24.6 Å². The van der Waals surface area contributed by atoms with Crippen LogP contribution in [0.1, 0.15) is 17.3 Å². The summed E-state index contributed by atoms with van der Waals surface area (Å²) in [6.07, 6.45) is 2.39. The zero-order valence-corrected chi connectivity index (χ0v) is 15.4. The quantitative estimate of drug-likeness (QED) is 0.623. The lowest BCUT2D eigenvalue weighted by Gasteiger charge is -2.31. The highest BCUT2D eigenvalue weighted by atomic mass is 32.2. The molecule has 0 unspecified atom stereocenters. The average Bonchev–Trinajstić information content (AvgIpc) is 3.27. The second-order valence-electron chi connectivity index (χ2n) is 6.08. The van der Waals surface area contributed by atoms with Gasteiger partial charge in [0.25, 0.3) is 0 Å². The molecule has 3 heterocycles. The predicted molar refractivity (Wildman–Crippen MR) is 92.7 cm³/mol. The maximum Gasteiger partial charge on any atom is 0.326 e. The van der Waals surface area contributed by atoms with Crippen molar-refractivity contribution in [3.8, 4) is 0 Å². The van der Waals surface area contributed by atoms with Crippen molar-refractivity contribution in [2.75, 3.05) is 26.2 Å². The van der Waals surface area contributed by atoms with E-state index in [4.69, 9.17) is 4.74 Å². The van der Waals surface area contributed by atoms with Crippen LogP contribution in [-0.4, -0.2) is 54.4 Å². The van der Waals surface area contributed by atoms with Crippen molar-refractivity contribution in [2.45, 2.75) is 18.0 Å². The molecule has 0 saturated carbocycles. The molecule has 0 bridgehead atoms. The molecular formula is C16H20N2O4S2. The van der Waals surface area contributed by atoms with Gasteiger partial charge in [0.15, 0.2) is 0 Å². The number of nitrogens with zero attached hydrogens (tertiary/aromatic N) is 1. The first kappa shape index (κ1) is 17.4. The summed E-state index contributed by atoms with van der Waals surface area (Å²) in [7, 11) is 2.81. The maximum absolute atomic E-state index is 12.8. The Kier molecular flexibility index (Phi) is 4.72. The van der Waals surface area contributed by atoms with E-state index in [-0.39, 0.29) is 17.9 Å². The number of hydrogen-bond donors (Lipinski definition) is 1. The van der Waals surface area contributed by atoms with E-state index in [1.54, 1.807) is 11.8 Å². The number of methoxy groups -OCH3 is 1. The molecule has 2 saturated heterocycles. The number of amides is 2. The van der Waals surface area contributed by atoms with Crippen LogP contribution in [0.25, 0.3) is 0 Å². The summed E-state index contributed by atoms with van der Waals surface area (Å²) in [5.41, 5.74) is -1.16. The van der Waals surface area contributed by atoms with Crippen LogP contribution in [0, 0.1) is 11.8 Å².